The molecule has 0 saturated heterocycles. The Balaban J connectivity index is 2.96. The van der Waals surface area contributed by atoms with Crippen molar-refractivity contribution in [1.29, 1.82) is 0 Å². The standard InChI is InChI=1S/C8H12N2O2/c9-6-7-1-2-10(3-4-11)8(12)5-7/h1-2,5,11H,3-4,6,9H2. The monoisotopic (exact) mass is 168 g/mol. The summed E-state index contributed by atoms with van der Waals surface area (Å²) in [4.78, 5) is 11.2. The van der Waals surface area contributed by atoms with E-state index in [0.717, 1.165) is 5.56 Å². The molecule has 0 atom stereocenters. The van der Waals surface area contributed by atoms with Crippen molar-refractivity contribution in [3.8, 4) is 0 Å². The van der Waals surface area contributed by atoms with E-state index in [1.807, 2.05) is 0 Å². The molecule has 0 amide bonds. The lowest BCUT2D eigenvalue weighted by molar-refractivity contribution is 0.274. The van der Waals surface area contributed by atoms with Gasteiger partial charge in [0, 0.05) is 25.4 Å². The predicted molar refractivity (Wildman–Crippen MR) is 45.7 cm³/mol. The number of aromatic nitrogens is 1. The van der Waals surface area contributed by atoms with Gasteiger partial charge in [0.15, 0.2) is 0 Å². The normalized spacial score (nSPS) is 10.2. The van der Waals surface area contributed by atoms with Crippen LogP contribution in [0, 0.1) is 0 Å². The van der Waals surface area contributed by atoms with Crippen molar-refractivity contribution in [3.05, 3.63) is 34.2 Å². The Morgan fingerprint density at radius 1 is 1.58 bits per heavy atom. The minimum Gasteiger partial charge on any atom is -0.395 e. The Kier molecular flexibility index (Phi) is 3.01. The average molecular weight is 168 g/mol. The molecule has 66 valence electrons. The van der Waals surface area contributed by atoms with Crippen LogP contribution < -0.4 is 11.3 Å². The topological polar surface area (TPSA) is 68.2 Å². The lowest BCUT2D eigenvalue weighted by Gasteiger charge is -2.02. The molecule has 0 aliphatic rings. The van der Waals surface area contributed by atoms with Gasteiger partial charge in [-0.1, -0.05) is 0 Å². The van der Waals surface area contributed by atoms with Crippen LogP contribution in [-0.2, 0) is 13.1 Å². The molecule has 0 unspecified atom stereocenters. The molecular weight excluding hydrogens is 156 g/mol. The Bertz CT molecular complexity index is 306. The van der Waals surface area contributed by atoms with Crippen molar-refractivity contribution in [2.24, 2.45) is 5.73 Å². The summed E-state index contributed by atoms with van der Waals surface area (Å²) in [6.07, 6.45) is 1.64. The van der Waals surface area contributed by atoms with Gasteiger partial charge in [-0.15, -0.1) is 0 Å². The first kappa shape index (κ1) is 8.96. The van der Waals surface area contributed by atoms with Gasteiger partial charge in [0.25, 0.3) is 5.56 Å². The van der Waals surface area contributed by atoms with E-state index in [1.54, 1.807) is 12.3 Å². The molecule has 4 nitrogen and oxygen atoms in total. The molecule has 1 aromatic heterocycles. The maximum Gasteiger partial charge on any atom is 0.250 e. The molecule has 0 aliphatic heterocycles. The van der Waals surface area contributed by atoms with E-state index < -0.39 is 0 Å². The SMILES string of the molecule is NCc1ccn(CCO)c(=O)c1. The van der Waals surface area contributed by atoms with Crippen molar-refractivity contribution in [1.82, 2.24) is 4.57 Å². The number of hydrogen-bond acceptors (Lipinski definition) is 3. The van der Waals surface area contributed by atoms with Crippen molar-refractivity contribution in [2.45, 2.75) is 13.1 Å². The molecule has 4 heteroatoms. The van der Waals surface area contributed by atoms with Crippen LogP contribution in [0.5, 0.6) is 0 Å². The first-order valence-electron chi connectivity index (χ1n) is 3.78. The highest BCUT2D eigenvalue weighted by Crippen LogP contribution is 1.91. The minimum absolute atomic E-state index is 0.0259. The van der Waals surface area contributed by atoms with E-state index in [1.165, 1.54) is 10.6 Å². The van der Waals surface area contributed by atoms with Gasteiger partial charge in [-0.2, -0.15) is 0 Å². The van der Waals surface area contributed by atoms with Gasteiger partial charge in [-0.25, -0.2) is 0 Å². The number of aliphatic hydroxyl groups is 1. The summed E-state index contributed by atoms with van der Waals surface area (Å²) in [7, 11) is 0. The molecule has 0 saturated carbocycles. The van der Waals surface area contributed by atoms with Crippen LogP contribution in [0.3, 0.4) is 0 Å². The van der Waals surface area contributed by atoms with Crippen LogP contribution >= 0.6 is 0 Å². The molecule has 3 N–H and O–H groups in total. The number of nitrogens with two attached hydrogens (primary N) is 1. The molecule has 0 bridgehead atoms. The highest BCUT2D eigenvalue weighted by Gasteiger charge is 1.95. The minimum atomic E-state index is -0.119. The van der Waals surface area contributed by atoms with E-state index >= 15 is 0 Å². The summed E-state index contributed by atoms with van der Waals surface area (Å²) < 4.78 is 1.44. The number of aliphatic hydroxyl groups excluding tert-OH is 1. The molecule has 12 heavy (non-hydrogen) atoms. The molecule has 0 spiro atoms. The highest BCUT2D eigenvalue weighted by atomic mass is 16.3. The summed E-state index contributed by atoms with van der Waals surface area (Å²) in [6.45, 7) is 0.681. The van der Waals surface area contributed by atoms with E-state index in [2.05, 4.69) is 0 Å². The fourth-order valence-electron chi connectivity index (χ4n) is 0.968. The largest absolute Gasteiger partial charge is 0.395 e. The molecule has 1 aromatic rings. The lowest BCUT2D eigenvalue weighted by Crippen LogP contribution is -2.21. The Hall–Kier alpha value is -1.13. The average Bonchev–Trinajstić information content (AvgIpc) is 2.09. The maximum absolute atomic E-state index is 11.2. The predicted octanol–water partition coefficient (Wildman–Crippen LogP) is -0.701. The number of nitrogens with zero attached hydrogens (tertiary/aromatic N) is 1. The van der Waals surface area contributed by atoms with Crippen LogP contribution in [0.1, 0.15) is 5.56 Å². The second-order valence-electron chi connectivity index (χ2n) is 2.49. The quantitative estimate of drug-likeness (QED) is 0.627. The van der Waals surface area contributed by atoms with Gasteiger partial charge in [-0.05, 0) is 11.6 Å². The van der Waals surface area contributed by atoms with E-state index in [-0.39, 0.29) is 12.2 Å². The number of hydrogen-bond donors (Lipinski definition) is 2. The summed E-state index contributed by atoms with van der Waals surface area (Å²) >= 11 is 0. The van der Waals surface area contributed by atoms with Gasteiger partial charge < -0.3 is 15.4 Å². The van der Waals surface area contributed by atoms with Gasteiger partial charge >= 0.3 is 0 Å². The summed E-state index contributed by atoms with van der Waals surface area (Å²) in [5, 5.41) is 8.59. The summed E-state index contributed by atoms with van der Waals surface area (Å²) in [6, 6.07) is 3.26. The zero-order chi connectivity index (χ0) is 8.97. The van der Waals surface area contributed by atoms with Gasteiger partial charge in [0.1, 0.15) is 0 Å². The zero-order valence-corrected chi connectivity index (χ0v) is 6.73. The first-order valence-corrected chi connectivity index (χ1v) is 3.78. The van der Waals surface area contributed by atoms with Gasteiger partial charge in [0.2, 0.25) is 0 Å². The fourth-order valence-corrected chi connectivity index (χ4v) is 0.968. The molecule has 0 aromatic carbocycles. The smallest absolute Gasteiger partial charge is 0.250 e. The second-order valence-corrected chi connectivity index (χ2v) is 2.49. The molecule has 1 heterocycles. The maximum atomic E-state index is 11.2. The molecule has 0 radical (unpaired) electrons. The summed E-state index contributed by atoms with van der Waals surface area (Å²) in [5.41, 5.74) is 6.04. The van der Waals surface area contributed by atoms with Crippen molar-refractivity contribution in [3.63, 3.8) is 0 Å². The Morgan fingerprint density at radius 2 is 2.33 bits per heavy atom. The van der Waals surface area contributed by atoms with Crippen LogP contribution in [-0.4, -0.2) is 16.3 Å². The lowest BCUT2D eigenvalue weighted by atomic mass is 10.3. The molecule has 1 rings (SSSR count). The molecule has 0 fully saturated rings. The van der Waals surface area contributed by atoms with Crippen LogP contribution in [0.4, 0.5) is 0 Å². The van der Waals surface area contributed by atoms with Crippen molar-refractivity contribution in [2.75, 3.05) is 6.61 Å². The van der Waals surface area contributed by atoms with Crippen molar-refractivity contribution < 1.29 is 5.11 Å². The van der Waals surface area contributed by atoms with Crippen molar-refractivity contribution >= 4 is 0 Å². The van der Waals surface area contributed by atoms with E-state index in [0.29, 0.717) is 13.1 Å². The second kappa shape index (κ2) is 4.04. The van der Waals surface area contributed by atoms with E-state index in [4.69, 9.17) is 10.8 Å². The number of rotatable bonds is 3. The van der Waals surface area contributed by atoms with Crippen LogP contribution in [0.15, 0.2) is 23.1 Å². The van der Waals surface area contributed by atoms with Crippen LogP contribution in [0.25, 0.3) is 0 Å². The zero-order valence-electron chi connectivity index (χ0n) is 6.73. The highest BCUT2D eigenvalue weighted by molar-refractivity contribution is 5.10. The molecular formula is C8H12N2O2. The first-order chi connectivity index (χ1) is 5.77. The number of pyridine rings is 1. The fraction of sp³-hybridized carbons (Fsp3) is 0.375. The van der Waals surface area contributed by atoms with E-state index in [9.17, 15) is 4.79 Å². The van der Waals surface area contributed by atoms with Gasteiger partial charge in [-0.3, -0.25) is 4.79 Å². The Morgan fingerprint density at radius 3 is 2.83 bits per heavy atom. The Labute approximate surface area is 70.3 Å². The van der Waals surface area contributed by atoms with Gasteiger partial charge in [0.05, 0.1) is 6.61 Å². The van der Waals surface area contributed by atoms with Crippen LogP contribution in [0.2, 0.25) is 0 Å². The third-order valence-corrected chi connectivity index (χ3v) is 1.64. The third kappa shape index (κ3) is 1.93. The summed E-state index contributed by atoms with van der Waals surface area (Å²) in [5.74, 6) is 0. The molecule has 0 aliphatic carbocycles. The third-order valence-electron chi connectivity index (χ3n) is 1.64.